The zero-order chi connectivity index (χ0) is 45.2. The van der Waals surface area contributed by atoms with Crippen LogP contribution in [-0.4, -0.2) is 4.57 Å². The van der Waals surface area contributed by atoms with Gasteiger partial charge in [-0.2, -0.15) is 0 Å². The number of rotatable bonds is 10. The SMILES string of the molecule is c1ccc(-c2cc(-c3ccccc3)cc(-c3ccc(N(c4cccc(-n5c6ccccc6c6ccccc65)c4)c4ccccc4-c4ccccc4-c4ccccc4-c4ccccc4)cc3)c2)cc1. The fraction of sp³-hybridized carbons (Fsp3) is 0. The largest absolute Gasteiger partial charge is 0.310 e. The van der Waals surface area contributed by atoms with E-state index in [1.807, 2.05) is 0 Å². The molecule has 0 amide bonds. The molecule has 0 atom stereocenters. The number of para-hydroxylation sites is 3. The van der Waals surface area contributed by atoms with Gasteiger partial charge in [0.2, 0.25) is 0 Å². The Balaban J connectivity index is 1.04. The van der Waals surface area contributed by atoms with E-state index in [0.717, 1.165) is 39.4 Å². The van der Waals surface area contributed by atoms with Crippen LogP contribution in [0.2, 0.25) is 0 Å². The van der Waals surface area contributed by atoms with Crippen molar-refractivity contribution in [3.05, 3.63) is 279 Å². The molecule has 320 valence electrons. The third-order valence-corrected chi connectivity index (χ3v) is 13.2. The van der Waals surface area contributed by atoms with Crippen LogP contribution >= 0.6 is 0 Å². The fourth-order valence-electron chi connectivity index (χ4n) is 10.0. The van der Waals surface area contributed by atoms with Crippen molar-refractivity contribution in [3.63, 3.8) is 0 Å². The molecule has 0 bridgehead atoms. The van der Waals surface area contributed by atoms with Gasteiger partial charge in [0.25, 0.3) is 0 Å². The van der Waals surface area contributed by atoms with Gasteiger partial charge in [0.05, 0.1) is 16.7 Å². The van der Waals surface area contributed by atoms with Gasteiger partial charge in [-0.05, 0) is 128 Å². The van der Waals surface area contributed by atoms with Crippen LogP contribution in [0.15, 0.2) is 279 Å². The smallest absolute Gasteiger partial charge is 0.0541 e. The number of aromatic nitrogens is 1. The van der Waals surface area contributed by atoms with Gasteiger partial charge < -0.3 is 9.47 Å². The molecule has 0 N–H and O–H groups in total. The Morgan fingerprint density at radius 2 is 0.647 bits per heavy atom. The van der Waals surface area contributed by atoms with E-state index in [1.165, 1.54) is 71.9 Å². The number of benzene rings is 11. The van der Waals surface area contributed by atoms with E-state index >= 15 is 0 Å². The molecule has 12 aromatic rings. The summed E-state index contributed by atoms with van der Waals surface area (Å²) in [6.45, 7) is 0. The first kappa shape index (κ1) is 40.5. The van der Waals surface area contributed by atoms with Crippen LogP contribution in [0.1, 0.15) is 0 Å². The van der Waals surface area contributed by atoms with Gasteiger partial charge in [0.15, 0.2) is 0 Å². The molecule has 1 aromatic heterocycles. The highest BCUT2D eigenvalue weighted by Gasteiger charge is 2.22. The van der Waals surface area contributed by atoms with Crippen molar-refractivity contribution >= 4 is 38.9 Å². The molecule has 0 aliphatic heterocycles. The number of fused-ring (bicyclic) bond motifs is 3. The molecule has 0 unspecified atom stereocenters. The van der Waals surface area contributed by atoms with Gasteiger partial charge in [-0.25, -0.2) is 0 Å². The Labute approximate surface area is 397 Å². The molecule has 2 nitrogen and oxygen atoms in total. The Bertz CT molecular complexity index is 3610. The minimum Gasteiger partial charge on any atom is -0.310 e. The zero-order valence-electron chi connectivity index (χ0n) is 37.5. The lowest BCUT2D eigenvalue weighted by Crippen LogP contribution is -2.12. The van der Waals surface area contributed by atoms with Crippen molar-refractivity contribution in [2.75, 3.05) is 4.90 Å². The fourth-order valence-corrected chi connectivity index (χ4v) is 10.0. The molecule has 12 rings (SSSR count). The number of anilines is 3. The van der Waals surface area contributed by atoms with Crippen molar-refractivity contribution in [1.29, 1.82) is 0 Å². The zero-order valence-corrected chi connectivity index (χ0v) is 37.5. The van der Waals surface area contributed by atoms with Crippen LogP contribution in [0, 0.1) is 0 Å². The molecule has 11 aromatic carbocycles. The van der Waals surface area contributed by atoms with E-state index in [-0.39, 0.29) is 0 Å². The minimum absolute atomic E-state index is 1.06. The predicted octanol–water partition coefficient (Wildman–Crippen LogP) is 18.3. The average Bonchev–Trinajstić information content (AvgIpc) is 3.76. The first-order chi connectivity index (χ1) is 33.7. The second kappa shape index (κ2) is 17.8. The summed E-state index contributed by atoms with van der Waals surface area (Å²) in [4.78, 5) is 2.44. The van der Waals surface area contributed by atoms with E-state index < -0.39 is 0 Å². The first-order valence-corrected chi connectivity index (χ1v) is 23.3. The monoisotopic (exact) mass is 866 g/mol. The van der Waals surface area contributed by atoms with Crippen LogP contribution in [0.5, 0.6) is 0 Å². The van der Waals surface area contributed by atoms with Crippen LogP contribution < -0.4 is 4.90 Å². The molecule has 1 heterocycles. The molecule has 0 saturated carbocycles. The molecule has 0 aliphatic carbocycles. The highest BCUT2D eigenvalue weighted by atomic mass is 15.1. The summed E-state index contributed by atoms with van der Waals surface area (Å²) < 4.78 is 2.40. The molecule has 0 radical (unpaired) electrons. The van der Waals surface area contributed by atoms with Gasteiger partial charge >= 0.3 is 0 Å². The quantitative estimate of drug-likeness (QED) is 0.133. The molecule has 68 heavy (non-hydrogen) atoms. The molecule has 0 spiro atoms. The minimum atomic E-state index is 1.06. The van der Waals surface area contributed by atoms with Gasteiger partial charge in [-0.15, -0.1) is 0 Å². The molecule has 0 aliphatic rings. The van der Waals surface area contributed by atoms with Crippen molar-refractivity contribution in [2.24, 2.45) is 0 Å². The topological polar surface area (TPSA) is 8.17 Å². The van der Waals surface area contributed by atoms with Crippen LogP contribution in [0.3, 0.4) is 0 Å². The third kappa shape index (κ3) is 7.54. The summed E-state index contributed by atoms with van der Waals surface area (Å²) in [5, 5.41) is 2.48. The van der Waals surface area contributed by atoms with E-state index in [4.69, 9.17) is 0 Å². The van der Waals surface area contributed by atoms with Crippen molar-refractivity contribution in [1.82, 2.24) is 4.57 Å². The Kier molecular flexibility index (Phi) is 10.6. The highest BCUT2D eigenvalue weighted by Crippen LogP contribution is 2.46. The lowest BCUT2D eigenvalue weighted by Gasteiger charge is -2.29. The van der Waals surface area contributed by atoms with Crippen molar-refractivity contribution < 1.29 is 0 Å². The maximum atomic E-state index is 2.44. The molecule has 0 saturated heterocycles. The van der Waals surface area contributed by atoms with Gasteiger partial charge in [-0.1, -0.05) is 212 Å². The van der Waals surface area contributed by atoms with Gasteiger partial charge in [0, 0.05) is 33.4 Å². The van der Waals surface area contributed by atoms with E-state index in [9.17, 15) is 0 Å². The second-order valence-electron chi connectivity index (χ2n) is 17.3. The van der Waals surface area contributed by atoms with E-state index in [0.29, 0.717) is 0 Å². The van der Waals surface area contributed by atoms with Gasteiger partial charge in [-0.3, -0.25) is 0 Å². The summed E-state index contributed by atoms with van der Waals surface area (Å²) in [6, 6.07) is 101. The Morgan fingerprint density at radius 1 is 0.235 bits per heavy atom. The second-order valence-corrected chi connectivity index (χ2v) is 17.3. The highest BCUT2D eigenvalue weighted by molar-refractivity contribution is 6.09. The maximum Gasteiger partial charge on any atom is 0.0541 e. The van der Waals surface area contributed by atoms with E-state index in [1.54, 1.807) is 0 Å². The van der Waals surface area contributed by atoms with Crippen LogP contribution in [0.4, 0.5) is 17.1 Å². The Morgan fingerprint density at radius 3 is 1.21 bits per heavy atom. The first-order valence-electron chi connectivity index (χ1n) is 23.3. The summed E-state index contributed by atoms with van der Waals surface area (Å²) in [5.41, 5.74) is 20.8. The number of hydrogen-bond acceptors (Lipinski definition) is 1. The predicted molar refractivity (Wildman–Crippen MR) is 288 cm³/mol. The average molecular weight is 867 g/mol. The third-order valence-electron chi connectivity index (χ3n) is 13.2. The summed E-state index contributed by atoms with van der Waals surface area (Å²) in [6.07, 6.45) is 0. The number of nitrogens with zero attached hydrogens (tertiary/aromatic N) is 2. The van der Waals surface area contributed by atoms with Crippen LogP contribution in [0.25, 0.3) is 94.3 Å². The summed E-state index contributed by atoms with van der Waals surface area (Å²) in [5.74, 6) is 0. The maximum absolute atomic E-state index is 2.44. The Hall–Kier alpha value is -8.98. The number of hydrogen-bond donors (Lipinski definition) is 0. The van der Waals surface area contributed by atoms with Crippen molar-refractivity contribution in [2.45, 2.75) is 0 Å². The molecular weight excluding hydrogens is 821 g/mol. The van der Waals surface area contributed by atoms with Crippen molar-refractivity contribution in [3.8, 4) is 72.4 Å². The normalized spacial score (nSPS) is 11.2. The molecular formula is C66H46N2. The lowest BCUT2D eigenvalue weighted by molar-refractivity contribution is 1.17. The lowest BCUT2D eigenvalue weighted by atomic mass is 9.88. The summed E-state index contributed by atoms with van der Waals surface area (Å²) in [7, 11) is 0. The van der Waals surface area contributed by atoms with Gasteiger partial charge in [0.1, 0.15) is 0 Å². The van der Waals surface area contributed by atoms with Crippen LogP contribution in [-0.2, 0) is 0 Å². The van der Waals surface area contributed by atoms with E-state index in [2.05, 4.69) is 289 Å². The molecule has 2 heteroatoms. The summed E-state index contributed by atoms with van der Waals surface area (Å²) >= 11 is 0. The molecule has 0 fully saturated rings. The standard InChI is InChI=1S/C66H46N2/c1-4-21-47(22-5-1)51-43-52(48-23-6-2-7-24-48)45-53(44-51)49-39-41-54(42-40-49)67(55-27-20-28-56(46-55)68-65-37-18-15-34-62(65)63-35-16-19-38-66(63)68)64-36-17-14-33-61(64)60-32-13-12-31-59(60)58-30-11-10-29-57(58)50-25-8-3-9-26-50/h1-46H.